The first-order chi connectivity index (χ1) is 17.9. The van der Waals surface area contributed by atoms with Crippen LogP contribution < -0.4 is 5.73 Å². The molecule has 0 atom stereocenters. The minimum atomic E-state index is -3.69. The number of rotatable bonds is 10. The molecule has 0 aliphatic heterocycles. The third-order valence-corrected chi connectivity index (χ3v) is 10.4. The molecule has 2 aromatic rings. The monoisotopic (exact) mass is 757 g/mol. The van der Waals surface area contributed by atoms with E-state index in [1.165, 1.54) is 24.3 Å². The van der Waals surface area contributed by atoms with Crippen molar-refractivity contribution >= 4 is 61.4 Å². The maximum atomic E-state index is 12.2. The molecule has 0 saturated heterocycles. The van der Waals surface area contributed by atoms with Crippen molar-refractivity contribution in [1.82, 2.24) is 0 Å². The molecule has 0 heterocycles. The Kier molecular flexibility index (Phi) is 18.7. The van der Waals surface area contributed by atoms with Gasteiger partial charge in [-0.05, 0) is 61.4 Å². The third-order valence-electron chi connectivity index (χ3n) is 5.35. The summed E-state index contributed by atoms with van der Waals surface area (Å²) < 4.78 is 47.8. The van der Waals surface area contributed by atoms with Gasteiger partial charge < -0.3 is 36.4 Å². The molecule has 0 saturated carbocycles. The van der Waals surface area contributed by atoms with Crippen LogP contribution in [0.4, 0.5) is 0 Å². The summed E-state index contributed by atoms with van der Waals surface area (Å²) in [6, 6.07) is 9.22. The van der Waals surface area contributed by atoms with Crippen molar-refractivity contribution in [3.63, 3.8) is 0 Å². The molecule has 2 rings (SSSR count). The van der Waals surface area contributed by atoms with Gasteiger partial charge >= 0.3 is 0 Å². The van der Waals surface area contributed by atoms with Crippen LogP contribution in [0.3, 0.4) is 0 Å². The van der Waals surface area contributed by atoms with E-state index in [9.17, 15) is 32.2 Å². The van der Waals surface area contributed by atoms with Crippen LogP contribution in [0.1, 0.15) is 18.6 Å². The van der Waals surface area contributed by atoms with Crippen LogP contribution in [0.15, 0.2) is 55.1 Å². The second kappa shape index (κ2) is 18.1. The van der Waals surface area contributed by atoms with Crippen molar-refractivity contribution in [3.8, 4) is 0 Å². The van der Waals surface area contributed by atoms with E-state index in [0.29, 0.717) is 0 Å². The van der Waals surface area contributed by atoms with Crippen LogP contribution in [-0.4, -0.2) is 98.4 Å². The zero-order valence-electron chi connectivity index (χ0n) is 21.3. The van der Waals surface area contributed by atoms with Crippen LogP contribution in [0.2, 0.25) is 0 Å². The maximum absolute atomic E-state index is 12.2. The highest BCUT2D eigenvalue weighted by Gasteiger charge is 2.35. The summed E-state index contributed by atoms with van der Waals surface area (Å²) >= 11 is 6.54. The topological polar surface area (TPSA) is 216 Å². The summed E-state index contributed by atoms with van der Waals surface area (Å²) in [5.41, 5.74) is 4.12. The van der Waals surface area contributed by atoms with Gasteiger partial charge in [0.05, 0.1) is 66.1 Å². The predicted molar refractivity (Wildman–Crippen MR) is 161 cm³/mol. The average molecular weight is 760 g/mol. The second-order valence-electron chi connectivity index (χ2n) is 8.83. The van der Waals surface area contributed by atoms with E-state index in [-0.39, 0.29) is 17.2 Å². The molecule has 0 aliphatic carbocycles. The molecule has 8 N–H and O–H groups in total. The molecular formula is C24H38Br2ClNO10S2. The number of sulfone groups is 1. The summed E-state index contributed by atoms with van der Waals surface area (Å²) in [5.74, 6) is -0.509. The molecule has 16 heteroatoms. The second-order valence-corrected chi connectivity index (χ2v) is 15.1. The lowest BCUT2D eigenvalue weighted by atomic mass is 9.94. The summed E-state index contributed by atoms with van der Waals surface area (Å²) in [7, 11) is -2.15. The first-order valence-electron chi connectivity index (χ1n) is 11.0. The van der Waals surface area contributed by atoms with Gasteiger partial charge in [-0.2, -0.15) is 0 Å². The fraction of sp³-hybridized carbons (Fsp3) is 0.500. The third kappa shape index (κ3) is 13.1. The molecule has 0 unspecified atom stereocenters. The molecule has 0 spiro atoms. The average Bonchev–Trinajstić information content (AvgIpc) is 2.90. The molecule has 11 nitrogen and oxygen atoms in total. The zero-order valence-corrected chi connectivity index (χ0v) is 26.8. The van der Waals surface area contributed by atoms with E-state index in [0.717, 1.165) is 20.1 Å². The molecular weight excluding hydrogens is 722 g/mol. The standard InChI is InChI=1S/C12H17BrO5S.C7H6BrClO2S.C4H11NO3.CH4/c1-9-4-10(2-3-11(9)13)19(17,18)8-12(5-14,6-15)7-16;1-5-4-6(12(9,10)11)2-3-7(5)8;5-4(1-6,2-7)3-8;/h2-4,14-16H,5-8H2,1H3;2-4H,1H3;6-8H,1-3,5H2;1H4. The van der Waals surface area contributed by atoms with Crippen LogP contribution in [0.5, 0.6) is 0 Å². The molecule has 0 radical (unpaired) electrons. The largest absolute Gasteiger partial charge is 0.396 e. The Hall–Kier alpha value is -0.690. The maximum Gasteiger partial charge on any atom is 0.261 e. The van der Waals surface area contributed by atoms with Gasteiger partial charge in [0.25, 0.3) is 9.05 Å². The van der Waals surface area contributed by atoms with Gasteiger partial charge in [-0.1, -0.05) is 39.3 Å². The molecule has 2 aromatic carbocycles. The Bertz CT molecular complexity index is 1250. The smallest absolute Gasteiger partial charge is 0.261 e. The van der Waals surface area contributed by atoms with Crippen molar-refractivity contribution in [3.05, 3.63) is 56.5 Å². The molecule has 0 aromatic heterocycles. The molecule has 232 valence electrons. The van der Waals surface area contributed by atoms with Crippen LogP contribution in [0.25, 0.3) is 0 Å². The summed E-state index contributed by atoms with van der Waals surface area (Å²) in [6.45, 7) is 0.550. The van der Waals surface area contributed by atoms with Gasteiger partial charge in [0.1, 0.15) is 0 Å². The molecule has 0 bridgehead atoms. The molecule has 40 heavy (non-hydrogen) atoms. The van der Waals surface area contributed by atoms with Crippen LogP contribution in [-0.2, 0) is 18.9 Å². The van der Waals surface area contributed by atoms with Crippen molar-refractivity contribution in [1.29, 1.82) is 0 Å². The molecule has 0 amide bonds. The molecule has 0 aliphatic rings. The van der Waals surface area contributed by atoms with Gasteiger partial charge in [0.15, 0.2) is 9.84 Å². The van der Waals surface area contributed by atoms with Crippen molar-refractivity contribution in [2.75, 3.05) is 45.4 Å². The number of hydrogen-bond acceptors (Lipinski definition) is 11. The van der Waals surface area contributed by atoms with Gasteiger partial charge in [0, 0.05) is 19.6 Å². The molecule has 0 fully saturated rings. The highest BCUT2D eigenvalue weighted by molar-refractivity contribution is 9.10. The lowest BCUT2D eigenvalue weighted by molar-refractivity contribution is 0.0224. The highest BCUT2D eigenvalue weighted by atomic mass is 79.9. The minimum Gasteiger partial charge on any atom is -0.396 e. The lowest BCUT2D eigenvalue weighted by Gasteiger charge is -2.26. The van der Waals surface area contributed by atoms with Crippen molar-refractivity contribution in [2.45, 2.75) is 36.6 Å². The van der Waals surface area contributed by atoms with E-state index in [4.69, 9.17) is 31.7 Å². The van der Waals surface area contributed by atoms with Gasteiger partial charge in [0.2, 0.25) is 0 Å². The number of aryl methyl sites for hydroxylation is 2. The number of benzene rings is 2. The Morgan fingerprint density at radius 2 is 1.07 bits per heavy atom. The quantitative estimate of drug-likeness (QED) is 0.172. The van der Waals surface area contributed by atoms with E-state index < -0.39 is 75.2 Å². The first-order valence-corrected chi connectivity index (χ1v) is 16.6. The summed E-state index contributed by atoms with van der Waals surface area (Å²) in [4.78, 5) is 0.234. The number of hydrogen-bond donors (Lipinski definition) is 7. The fourth-order valence-corrected chi connectivity index (χ4v) is 5.71. The normalized spacial score (nSPS) is 11.9. The fourth-order valence-electron chi connectivity index (χ4n) is 2.50. The van der Waals surface area contributed by atoms with E-state index in [2.05, 4.69) is 31.9 Å². The van der Waals surface area contributed by atoms with Gasteiger partial charge in [-0.25, -0.2) is 16.8 Å². The highest BCUT2D eigenvalue weighted by Crippen LogP contribution is 2.26. The summed E-state index contributed by atoms with van der Waals surface area (Å²) in [6.07, 6.45) is 0. The SMILES string of the molecule is C.Cc1cc(S(=O)(=O)CC(CO)(CO)CO)ccc1Br.Cc1cc(S(=O)(=O)Cl)ccc1Br.NC(CO)(CO)CO. The van der Waals surface area contributed by atoms with Crippen molar-refractivity contribution < 1.29 is 47.5 Å². The van der Waals surface area contributed by atoms with Gasteiger partial charge in [-0.3, -0.25) is 0 Å². The lowest BCUT2D eigenvalue weighted by Crippen LogP contribution is -2.50. The van der Waals surface area contributed by atoms with E-state index in [1.807, 2.05) is 0 Å². The Balaban J connectivity index is 0. The van der Waals surface area contributed by atoms with Gasteiger partial charge in [-0.15, -0.1) is 0 Å². The summed E-state index contributed by atoms with van der Waals surface area (Å²) in [5, 5.41) is 52.6. The Labute approximate surface area is 257 Å². The number of aliphatic hydroxyl groups is 6. The Morgan fingerprint density at radius 3 is 1.35 bits per heavy atom. The number of nitrogens with two attached hydrogens (primary N) is 1. The van der Waals surface area contributed by atoms with Crippen LogP contribution >= 0.6 is 42.5 Å². The number of aliphatic hydroxyl groups excluding tert-OH is 6. The minimum absolute atomic E-state index is 0. The van der Waals surface area contributed by atoms with Crippen molar-refractivity contribution in [2.24, 2.45) is 11.1 Å². The first kappa shape index (κ1) is 41.4. The van der Waals surface area contributed by atoms with Crippen LogP contribution in [0, 0.1) is 19.3 Å². The number of halogens is 3. The zero-order chi connectivity index (χ0) is 30.7. The Morgan fingerprint density at radius 1 is 0.725 bits per heavy atom. The van der Waals surface area contributed by atoms with E-state index in [1.54, 1.807) is 26.0 Å². The van der Waals surface area contributed by atoms with E-state index >= 15 is 0 Å². The predicted octanol–water partition coefficient (Wildman–Crippen LogP) is 1.48.